The van der Waals surface area contributed by atoms with E-state index in [1.54, 1.807) is 22.8 Å². The van der Waals surface area contributed by atoms with Crippen LogP contribution in [0.1, 0.15) is 5.56 Å². The van der Waals surface area contributed by atoms with Gasteiger partial charge in [-0.05, 0) is 29.8 Å². The monoisotopic (exact) mass is 337 g/mol. The van der Waals surface area contributed by atoms with Gasteiger partial charge >= 0.3 is 0 Å². The van der Waals surface area contributed by atoms with Crippen molar-refractivity contribution < 1.29 is 9.53 Å². The largest absolute Gasteiger partial charge is 0.478 e. The zero-order chi connectivity index (χ0) is 17.8. The van der Waals surface area contributed by atoms with Gasteiger partial charge in [0, 0.05) is 18.1 Å². The first kappa shape index (κ1) is 16.6. The second-order valence-corrected chi connectivity index (χ2v) is 5.67. The maximum absolute atomic E-state index is 12.8. The number of benzene rings is 2. The molecule has 1 amide bonds. The topological polar surface area (TPSA) is 86.3 Å². The van der Waals surface area contributed by atoms with E-state index in [2.05, 4.69) is 5.32 Å². The van der Waals surface area contributed by atoms with Crippen LogP contribution in [-0.2, 0) is 11.3 Å². The molecular weight excluding hydrogens is 318 g/mol. The van der Waals surface area contributed by atoms with Gasteiger partial charge in [-0.1, -0.05) is 30.3 Å². The Morgan fingerprint density at radius 3 is 2.64 bits per heavy atom. The number of fused-ring (bicyclic) bond motifs is 1. The fourth-order valence-corrected chi connectivity index (χ4v) is 2.62. The van der Waals surface area contributed by atoms with Crippen molar-refractivity contribution in [3.8, 4) is 5.75 Å². The van der Waals surface area contributed by atoms with E-state index >= 15 is 0 Å². The molecule has 3 N–H and O–H groups in total. The molecule has 0 aliphatic rings. The average molecular weight is 337 g/mol. The molecule has 6 nitrogen and oxygen atoms in total. The van der Waals surface area contributed by atoms with Crippen LogP contribution in [0, 0.1) is 0 Å². The van der Waals surface area contributed by atoms with Crippen LogP contribution < -0.4 is 21.3 Å². The molecular formula is C19H19N3O3. The molecule has 3 aromatic rings. The maximum atomic E-state index is 12.8. The SMILES string of the molecule is CNC(=O)COc1cc2cc(N)ccc2n(Cc2ccccc2)c1=O. The Labute approximate surface area is 144 Å². The standard InChI is InChI=1S/C19H19N3O3/c1-21-18(23)12-25-17-10-14-9-15(20)7-8-16(14)22(19(17)24)11-13-5-3-2-4-6-13/h2-10H,11-12,20H2,1H3,(H,21,23). The molecule has 0 saturated carbocycles. The number of hydrogen-bond acceptors (Lipinski definition) is 4. The Bertz CT molecular complexity index is 965. The summed E-state index contributed by atoms with van der Waals surface area (Å²) in [5.74, 6) is -0.181. The lowest BCUT2D eigenvalue weighted by Gasteiger charge is -2.14. The van der Waals surface area contributed by atoms with Gasteiger partial charge in [-0.15, -0.1) is 0 Å². The number of likely N-dealkylation sites (N-methyl/N-ethyl adjacent to an activating group) is 1. The summed E-state index contributed by atoms with van der Waals surface area (Å²) in [6.07, 6.45) is 0. The Balaban J connectivity index is 2.10. The molecule has 3 rings (SSSR count). The van der Waals surface area contributed by atoms with Crippen molar-refractivity contribution in [3.63, 3.8) is 0 Å². The number of amides is 1. The van der Waals surface area contributed by atoms with Crippen LogP contribution in [-0.4, -0.2) is 24.1 Å². The molecule has 6 heteroatoms. The molecule has 25 heavy (non-hydrogen) atoms. The second kappa shape index (κ2) is 7.09. The fraction of sp³-hybridized carbons (Fsp3) is 0.158. The number of anilines is 1. The van der Waals surface area contributed by atoms with Crippen LogP contribution in [0.3, 0.4) is 0 Å². The molecule has 0 atom stereocenters. The zero-order valence-corrected chi connectivity index (χ0v) is 13.9. The maximum Gasteiger partial charge on any atom is 0.293 e. The molecule has 0 aliphatic carbocycles. The molecule has 0 spiro atoms. The first-order valence-corrected chi connectivity index (χ1v) is 7.89. The molecule has 0 saturated heterocycles. The second-order valence-electron chi connectivity index (χ2n) is 5.67. The summed E-state index contributed by atoms with van der Waals surface area (Å²) in [4.78, 5) is 24.3. The summed E-state index contributed by atoms with van der Waals surface area (Å²) in [7, 11) is 1.51. The molecule has 0 radical (unpaired) electrons. The normalized spacial score (nSPS) is 10.6. The molecule has 2 aromatic carbocycles. The molecule has 128 valence electrons. The van der Waals surface area contributed by atoms with Gasteiger partial charge in [0.1, 0.15) is 0 Å². The van der Waals surface area contributed by atoms with Crippen LogP contribution in [0.25, 0.3) is 10.9 Å². The third-order valence-corrected chi connectivity index (χ3v) is 3.91. The number of carbonyl (C=O) groups excluding carboxylic acids is 1. The van der Waals surface area contributed by atoms with E-state index in [1.165, 1.54) is 7.05 Å². The molecule has 0 bridgehead atoms. The lowest BCUT2D eigenvalue weighted by Crippen LogP contribution is -2.28. The van der Waals surface area contributed by atoms with Crippen molar-refractivity contribution in [2.24, 2.45) is 0 Å². The number of rotatable bonds is 5. The van der Waals surface area contributed by atoms with Crippen molar-refractivity contribution in [3.05, 3.63) is 70.5 Å². The van der Waals surface area contributed by atoms with E-state index in [0.29, 0.717) is 12.2 Å². The van der Waals surface area contributed by atoms with E-state index in [9.17, 15) is 9.59 Å². The van der Waals surface area contributed by atoms with Gasteiger partial charge in [0.2, 0.25) is 0 Å². The minimum absolute atomic E-state index is 0.123. The minimum Gasteiger partial charge on any atom is -0.478 e. The highest BCUT2D eigenvalue weighted by Gasteiger charge is 2.12. The summed E-state index contributed by atoms with van der Waals surface area (Å²) >= 11 is 0. The quantitative estimate of drug-likeness (QED) is 0.695. The van der Waals surface area contributed by atoms with E-state index in [4.69, 9.17) is 10.5 Å². The number of nitrogen functional groups attached to an aromatic ring is 1. The lowest BCUT2D eigenvalue weighted by atomic mass is 10.1. The third kappa shape index (κ3) is 3.63. The van der Waals surface area contributed by atoms with Gasteiger partial charge in [0.25, 0.3) is 11.5 Å². The van der Waals surface area contributed by atoms with E-state index in [0.717, 1.165) is 16.5 Å². The highest BCUT2D eigenvalue weighted by Crippen LogP contribution is 2.21. The Hall–Kier alpha value is -3.28. The minimum atomic E-state index is -0.304. The van der Waals surface area contributed by atoms with Crippen LogP contribution in [0.5, 0.6) is 5.75 Å². The third-order valence-electron chi connectivity index (χ3n) is 3.91. The highest BCUT2D eigenvalue weighted by atomic mass is 16.5. The summed E-state index contributed by atoms with van der Waals surface area (Å²) < 4.78 is 7.06. The van der Waals surface area contributed by atoms with Crippen molar-refractivity contribution in [2.45, 2.75) is 6.54 Å². The van der Waals surface area contributed by atoms with Gasteiger partial charge in [-0.2, -0.15) is 0 Å². The molecule has 0 fully saturated rings. The number of pyridine rings is 1. The molecule has 1 aromatic heterocycles. The predicted octanol–water partition coefficient (Wildman–Crippen LogP) is 1.76. The number of nitrogens with zero attached hydrogens (tertiary/aromatic N) is 1. The van der Waals surface area contributed by atoms with E-state index in [1.807, 2.05) is 36.4 Å². The van der Waals surface area contributed by atoms with Crippen LogP contribution in [0.15, 0.2) is 59.4 Å². The lowest BCUT2D eigenvalue weighted by molar-refractivity contribution is -0.122. The Morgan fingerprint density at radius 1 is 1.16 bits per heavy atom. The smallest absolute Gasteiger partial charge is 0.293 e. The summed E-state index contributed by atoms with van der Waals surface area (Å²) in [5, 5.41) is 3.24. The zero-order valence-electron chi connectivity index (χ0n) is 13.9. The highest BCUT2D eigenvalue weighted by molar-refractivity contribution is 5.84. The van der Waals surface area contributed by atoms with Crippen molar-refractivity contribution >= 4 is 22.5 Å². The van der Waals surface area contributed by atoms with Crippen molar-refractivity contribution in [1.29, 1.82) is 0 Å². The molecule has 0 aliphatic heterocycles. The van der Waals surface area contributed by atoms with Gasteiger partial charge in [0.05, 0.1) is 12.1 Å². The number of hydrogen-bond donors (Lipinski definition) is 2. The van der Waals surface area contributed by atoms with Gasteiger partial charge in [-0.25, -0.2) is 0 Å². The van der Waals surface area contributed by atoms with Crippen LogP contribution in [0.4, 0.5) is 5.69 Å². The van der Waals surface area contributed by atoms with Gasteiger partial charge < -0.3 is 20.4 Å². The van der Waals surface area contributed by atoms with Crippen LogP contribution in [0.2, 0.25) is 0 Å². The van der Waals surface area contributed by atoms with Crippen molar-refractivity contribution in [1.82, 2.24) is 9.88 Å². The summed E-state index contributed by atoms with van der Waals surface area (Å²) in [6.45, 7) is 0.183. The number of aromatic nitrogens is 1. The van der Waals surface area contributed by atoms with E-state index < -0.39 is 0 Å². The number of carbonyl (C=O) groups is 1. The summed E-state index contributed by atoms with van der Waals surface area (Å²) in [6, 6.07) is 16.7. The number of nitrogens with two attached hydrogens (primary N) is 1. The molecule has 1 heterocycles. The predicted molar refractivity (Wildman–Crippen MR) is 97.7 cm³/mol. The Morgan fingerprint density at radius 2 is 1.92 bits per heavy atom. The first-order valence-electron chi connectivity index (χ1n) is 7.89. The fourth-order valence-electron chi connectivity index (χ4n) is 2.62. The van der Waals surface area contributed by atoms with Gasteiger partial charge in [0.15, 0.2) is 12.4 Å². The average Bonchev–Trinajstić information content (AvgIpc) is 2.63. The number of nitrogens with one attached hydrogen (secondary N) is 1. The van der Waals surface area contributed by atoms with Crippen molar-refractivity contribution in [2.75, 3.05) is 19.4 Å². The summed E-state index contributed by atoms with van der Waals surface area (Å²) in [5.41, 5.74) is 7.92. The Kier molecular flexibility index (Phi) is 4.70. The molecule has 0 unspecified atom stereocenters. The van der Waals surface area contributed by atoms with Gasteiger partial charge in [-0.3, -0.25) is 9.59 Å². The first-order chi connectivity index (χ1) is 12.1. The van der Waals surface area contributed by atoms with Crippen LogP contribution >= 0.6 is 0 Å². The van der Waals surface area contributed by atoms with E-state index in [-0.39, 0.29) is 23.8 Å². The number of ether oxygens (including phenoxy) is 1.